The Hall–Kier alpha value is -2.20. The number of Topliss-reactive ketones (excluding diaryl/α,β-unsaturated/α-hetero) is 1. The van der Waals surface area contributed by atoms with Crippen LogP contribution in [0.2, 0.25) is 0 Å². The fraction of sp³-hybridized carbons (Fsp3) is 0.0588. The smallest absolute Gasteiger partial charge is 0.308 e. The maximum absolute atomic E-state index is 12.4. The van der Waals surface area contributed by atoms with Gasteiger partial charge in [-0.15, -0.1) is 0 Å². The second-order valence-electron chi connectivity index (χ2n) is 4.69. The molecule has 0 radical (unpaired) electrons. The van der Waals surface area contributed by atoms with Crippen molar-refractivity contribution in [2.75, 3.05) is 0 Å². The van der Waals surface area contributed by atoms with Gasteiger partial charge in [-0.2, -0.15) is 0 Å². The van der Waals surface area contributed by atoms with Crippen LogP contribution in [0.4, 0.5) is 0 Å². The fourth-order valence-corrected chi connectivity index (χ4v) is 3.05. The van der Waals surface area contributed by atoms with E-state index in [1.165, 1.54) is 6.92 Å². The first-order valence-corrected chi connectivity index (χ1v) is 7.20. The van der Waals surface area contributed by atoms with E-state index in [4.69, 9.17) is 4.74 Å². The summed E-state index contributed by atoms with van der Waals surface area (Å²) in [6.07, 6.45) is 0. The predicted octanol–water partition coefficient (Wildman–Crippen LogP) is 3.96. The number of carbonyl (C=O) groups is 2. The quantitative estimate of drug-likeness (QED) is 0.612. The predicted molar refractivity (Wildman–Crippen MR) is 83.5 cm³/mol. The van der Waals surface area contributed by atoms with E-state index < -0.39 is 5.97 Å². The van der Waals surface area contributed by atoms with Crippen molar-refractivity contribution in [3.8, 4) is 5.75 Å². The average Bonchev–Trinajstić information content (AvgIpc) is 2.71. The molecule has 0 saturated heterocycles. The van der Waals surface area contributed by atoms with Crippen molar-refractivity contribution in [2.45, 2.75) is 6.92 Å². The van der Waals surface area contributed by atoms with Crippen LogP contribution in [-0.4, -0.2) is 11.8 Å². The molecular weight excluding hydrogens is 332 g/mol. The molecule has 0 spiro atoms. The van der Waals surface area contributed by atoms with Gasteiger partial charge < -0.3 is 4.74 Å². The molecule has 104 valence electrons. The van der Waals surface area contributed by atoms with Gasteiger partial charge in [0.25, 0.3) is 0 Å². The summed E-state index contributed by atoms with van der Waals surface area (Å²) in [5.74, 6) is -0.127. The Labute approximate surface area is 130 Å². The minimum absolute atomic E-state index is 0.0992. The van der Waals surface area contributed by atoms with Crippen LogP contribution in [0, 0.1) is 0 Å². The molecule has 0 aliphatic heterocycles. The molecule has 0 N–H and O–H groups in total. The summed E-state index contributed by atoms with van der Waals surface area (Å²) >= 11 is 3.39. The number of halogens is 1. The number of hydrogen-bond acceptors (Lipinski definition) is 3. The molecule has 0 unspecified atom stereocenters. The summed E-state index contributed by atoms with van der Waals surface area (Å²) in [6.45, 7) is 1.33. The molecule has 0 heterocycles. The van der Waals surface area contributed by atoms with E-state index in [9.17, 15) is 9.59 Å². The van der Waals surface area contributed by atoms with Crippen molar-refractivity contribution < 1.29 is 14.3 Å². The van der Waals surface area contributed by atoms with Gasteiger partial charge in [-0.05, 0) is 45.3 Å². The molecule has 2 aromatic carbocycles. The normalized spacial score (nSPS) is 13.3. The summed E-state index contributed by atoms with van der Waals surface area (Å²) in [4.78, 5) is 23.4. The maximum Gasteiger partial charge on any atom is 0.308 e. The third-order valence-corrected chi connectivity index (χ3v) is 4.00. The molecular formula is C17H11BrO3. The highest BCUT2D eigenvalue weighted by Gasteiger charge is 2.29. The third kappa shape index (κ3) is 2.43. The zero-order valence-electron chi connectivity index (χ0n) is 11.2. The van der Waals surface area contributed by atoms with Gasteiger partial charge in [0.05, 0.1) is 4.48 Å². The van der Waals surface area contributed by atoms with Gasteiger partial charge >= 0.3 is 5.97 Å². The number of rotatable bonds is 2. The second kappa shape index (κ2) is 5.30. The monoisotopic (exact) mass is 342 g/mol. The van der Waals surface area contributed by atoms with Gasteiger partial charge in [-0.3, -0.25) is 9.59 Å². The lowest BCUT2D eigenvalue weighted by atomic mass is 9.99. The first kappa shape index (κ1) is 13.8. The summed E-state index contributed by atoms with van der Waals surface area (Å²) < 4.78 is 5.57. The second-order valence-corrected chi connectivity index (χ2v) is 5.48. The molecule has 1 aliphatic rings. The van der Waals surface area contributed by atoms with Crippen molar-refractivity contribution in [3.05, 3.63) is 69.7 Å². The Morgan fingerprint density at radius 2 is 1.76 bits per heavy atom. The van der Waals surface area contributed by atoms with Crippen molar-refractivity contribution in [2.24, 2.45) is 0 Å². The van der Waals surface area contributed by atoms with E-state index in [1.807, 2.05) is 36.4 Å². The lowest BCUT2D eigenvalue weighted by Crippen LogP contribution is -2.03. The minimum Gasteiger partial charge on any atom is -0.427 e. The summed E-state index contributed by atoms with van der Waals surface area (Å²) in [5, 5.41) is 0. The Morgan fingerprint density at radius 1 is 1.05 bits per heavy atom. The van der Waals surface area contributed by atoms with Crippen LogP contribution in [0.25, 0.3) is 5.57 Å². The van der Waals surface area contributed by atoms with E-state index in [2.05, 4.69) is 15.9 Å². The largest absolute Gasteiger partial charge is 0.427 e. The number of ketones is 1. The van der Waals surface area contributed by atoms with Crippen LogP contribution in [0.3, 0.4) is 0 Å². The number of fused-ring (bicyclic) bond motifs is 1. The van der Waals surface area contributed by atoms with E-state index in [1.54, 1.807) is 12.1 Å². The summed E-state index contributed by atoms with van der Waals surface area (Å²) in [7, 11) is 0. The molecule has 0 aromatic heterocycles. The van der Waals surface area contributed by atoms with Crippen LogP contribution in [0.15, 0.2) is 53.0 Å². The number of esters is 1. The molecule has 0 amide bonds. The molecule has 0 bridgehead atoms. The number of ether oxygens (including phenoxy) is 1. The van der Waals surface area contributed by atoms with Gasteiger partial charge in [0.1, 0.15) is 5.75 Å². The average molecular weight is 343 g/mol. The van der Waals surface area contributed by atoms with E-state index >= 15 is 0 Å². The first-order chi connectivity index (χ1) is 10.1. The lowest BCUT2D eigenvalue weighted by molar-refractivity contribution is -0.131. The van der Waals surface area contributed by atoms with Crippen molar-refractivity contribution in [1.29, 1.82) is 0 Å². The molecule has 3 nitrogen and oxygen atoms in total. The van der Waals surface area contributed by atoms with Crippen molar-refractivity contribution >= 4 is 33.3 Å². The van der Waals surface area contributed by atoms with Crippen LogP contribution in [-0.2, 0) is 4.79 Å². The van der Waals surface area contributed by atoms with Crippen molar-refractivity contribution in [3.63, 3.8) is 0 Å². The highest BCUT2D eigenvalue weighted by atomic mass is 79.9. The fourth-order valence-electron chi connectivity index (χ4n) is 2.40. The number of allylic oxidation sites excluding steroid dienone is 1. The van der Waals surface area contributed by atoms with E-state index in [-0.39, 0.29) is 5.78 Å². The van der Waals surface area contributed by atoms with Crippen LogP contribution in [0.5, 0.6) is 5.75 Å². The van der Waals surface area contributed by atoms with Crippen LogP contribution >= 0.6 is 15.9 Å². The maximum atomic E-state index is 12.4. The number of carbonyl (C=O) groups excluding carboxylic acids is 2. The lowest BCUT2D eigenvalue weighted by Gasteiger charge is -2.07. The van der Waals surface area contributed by atoms with Gasteiger partial charge in [0.2, 0.25) is 5.78 Å². The van der Waals surface area contributed by atoms with E-state index in [0.717, 1.165) is 16.7 Å². The van der Waals surface area contributed by atoms with Gasteiger partial charge in [-0.1, -0.05) is 30.3 Å². The van der Waals surface area contributed by atoms with Crippen LogP contribution in [0.1, 0.15) is 28.4 Å². The SMILES string of the molecule is CC(=O)Oc1ccc2c(c1)C(=O)C(Br)=C2c1ccccc1. The van der Waals surface area contributed by atoms with Gasteiger partial charge in [-0.25, -0.2) is 0 Å². The molecule has 0 fully saturated rings. The van der Waals surface area contributed by atoms with Crippen LogP contribution < -0.4 is 4.74 Å². The Balaban J connectivity index is 2.11. The standard InChI is InChI=1S/C17H11BrO3/c1-10(19)21-12-7-8-13-14(9-12)17(20)16(18)15(13)11-5-3-2-4-6-11/h2-9H,1H3. The zero-order valence-corrected chi connectivity index (χ0v) is 12.8. The minimum atomic E-state index is -0.407. The molecule has 2 aromatic rings. The van der Waals surface area contributed by atoms with E-state index in [0.29, 0.717) is 15.8 Å². The Bertz CT molecular complexity index is 776. The number of benzene rings is 2. The van der Waals surface area contributed by atoms with Gasteiger partial charge in [0, 0.05) is 18.1 Å². The Morgan fingerprint density at radius 3 is 2.43 bits per heavy atom. The Kier molecular flexibility index (Phi) is 3.47. The molecule has 1 aliphatic carbocycles. The highest BCUT2D eigenvalue weighted by Crippen LogP contribution is 2.41. The topological polar surface area (TPSA) is 43.4 Å². The first-order valence-electron chi connectivity index (χ1n) is 6.40. The van der Waals surface area contributed by atoms with Gasteiger partial charge in [0.15, 0.2) is 0 Å². The summed E-state index contributed by atoms with van der Waals surface area (Å²) in [5.41, 5.74) is 3.22. The third-order valence-electron chi connectivity index (χ3n) is 3.25. The summed E-state index contributed by atoms with van der Waals surface area (Å²) in [6, 6.07) is 14.8. The molecule has 0 saturated carbocycles. The molecule has 21 heavy (non-hydrogen) atoms. The molecule has 3 rings (SSSR count). The van der Waals surface area contributed by atoms with Crippen molar-refractivity contribution in [1.82, 2.24) is 0 Å². The highest BCUT2D eigenvalue weighted by molar-refractivity contribution is 9.12. The molecule has 4 heteroatoms. The number of hydrogen-bond donors (Lipinski definition) is 0. The zero-order chi connectivity index (χ0) is 15.0. The molecule has 0 atom stereocenters.